The van der Waals surface area contributed by atoms with E-state index in [2.05, 4.69) is 20.7 Å². The molecule has 98 valence electrons. The molecule has 0 bridgehead atoms. The predicted molar refractivity (Wildman–Crippen MR) is 77.0 cm³/mol. The van der Waals surface area contributed by atoms with Crippen LogP contribution in [0.3, 0.4) is 0 Å². The molecule has 0 aliphatic heterocycles. The van der Waals surface area contributed by atoms with E-state index in [-0.39, 0.29) is 17.0 Å². The molecule has 1 aromatic carbocycles. The monoisotopic (exact) mass is 330 g/mol. The van der Waals surface area contributed by atoms with Crippen LogP contribution in [-0.4, -0.2) is 29.9 Å². The average Bonchev–Trinajstić information content (AvgIpc) is 2.38. The quantitative estimate of drug-likeness (QED) is 0.592. The van der Waals surface area contributed by atoms with Gasteiger partial charge in [0.2, 0.25) is 0 Å². The minimum atomic E-state index is -0.245. The number of thioether (sulfide) groups is 1. The molecule has 1 unspecified atom stereocenters. The molecule has 0 N–H and O–H groups in total. The third-order valence-corrected chi connectivity index (χ3v) is 4.08. The van der Waals surface area contributed by atoms with Crippen molar-refractivity contribution in [2.24, 2.45) is 0 Å². The maximum atomic E-state index is 12.0. The molecule has 0 heterocycles. The number of hydrogen-bond acceptors (Lipinski definition) is 4. The lowest BCUT2D eigenvalue weighted by Gasteiger charge is -2.09. The third kappa shape index (κ3) is 4.82. The van der Waals surface area contributed by atoms with Gasteiger partial charge < -0.3 is 4.74 Å². The molecule has 0 aliphatic carbocycles. The number of carbonyl (C=O) groups excluding carboxylic acids is 2. The van der Waals surface area contributed by atoms with E-state index in [1.165, 1.54) is 18.9 Å². The Morgan fingerprint density at radius 2 is 1.94 bits per heavy atom. The van der Waals surface area contributed by atoms with Crippen molar-refractivity contribution in [3.8, 4) is 0 Å². The molecule has 0 spiro atoms. The summed E-state index contributed by atoms with van der Waals surface area (Å²) in [5.74, 6) is 0.430. The molecule has 3 nitrogen and oxygen atoms in total. The molecular weight excluding hydrogens is 316 g/mol. The number of benzene rings is 1. The van der Waals surface area contributed by atoms with E-state index in [9.17, 15) is 9.59 Å². The van der Waals surface area contributed by atoms with Gasteiger partial charge in [-0.25, -0.2) is 0 Å². The summed E-state index contributed by atoms with van der Waals surface area (Å²) in [5.41, 5.74) is 0.691. The number of carbonyl (C=O) groups is 2. The molecule has 5 heteroatoms. The van der Waals surface area contributed by atoms with Crippen molar-refractivity contribution in [3.63, 3.8) is 0 Å². The van der Waals surface area contributed by atoms with Crippen LogP contribution in [0.5, 0.6) is 0 Å². The molecule has 1 atom stereocenters. The van der Waals surface area contributed by atoms with E-state index in [1.54, 1.807) is 12.1 Å². The highest BCUT2D eigenvalue weighted by Crippen LogP contribution is 2.19. The van der Waals surface area contributed by atoms with Crippen molar-refractivity contribution in [3.05, 3.63) is 34.3 Å². The Kier molecular flexibility index (Phi) is 6.43. The number of methoxy groups -OCH3 is 1. The van der Waals surface area contributed by atoms with Crippen LogP contribution in [0.2, 0.25) is 0 Å². The zero-order chi connectivity index (χ0) is 13.5. The number of esters is 1. The SMILES string of the molecule is COC(=O)CCSC(C)C(=O)c1ccc(Br)cc1. The summed E-state index contributed by atoms with van der Waals surface area (Å²) < 4.78 is 5.50. The van der Waals surface area contributed by atoms with Gasteiger partial charge in [-0.15, -0.1) is 11.8 Å². The zero-order valence-corrected chi connectivity index (χ0v) is 12.7. The van der Waals surface area contributed by atoms with Crippen molar-refractivity contribution in [1.29, 1.82) is 0 Å². The highest BCUT2D eigenvalue weighted by Gasteiger charge is 2.15. The van der Waals surface area contributed by atoms with E-state index in [0.717, 1.165) is 4.47 Å². The number of Topliss-reactive ketones (excluding diaryl/α,β-unsaturated/α-hetero) is 1. The van der Waals surface area contributed by atoms with Gasteiger partial charge in [-0.3, -0.25) is 9.59 Å². The first-order valence-electron chi connectivity index (χ1n) is 5.52. The molecule has 0 aromatic heterocycles. The van der Waals surface area contributed by atoms with Crippen LogP contribution in [0.25, 0.3) is 0 Å². The molecule has 0 fully saturated rings. The van der Waals surface area contributed by atoms with Crippen LogP contribution in [0.1, 0.15) is 23.7 Å². The van der Waals surface area contributed by atoms with Gasteiger partial charge in [0.15, 0.2) is 5.78 Å². The minimum absolute atomic E-state index is 0.0809. The Labute approximate surface area is 119 Å². The van der Waals surface area contributed by atoms with Crippen LogP contribution in [0, 0.1) is 0 Å². The van der Waals surface area contributed by atoms with Crippen molar-refractivity contribution >= 4 is 39.4 Å². The van der Waals surface area contributed by atoms with Crippen LogP contribution in [0.4, 0.5) is 0 Å². The molecule has 18 heavy (non-hydrogen) atoms. The number of halogens is 1. The Balaban J connectivity index is 2.46. The highest BCUT2D eigenvalue weighted by molar-refractivity contribution is 9.10. The molecule has 0 saturated heterocycles. The van der Waals surface area contributed by atoms with E-state index in [4.69, 9.17) is 0 Å². The number of ketones is 1. The van der Waals surface area contributed by atoms with Gasteiger partial charge in [-0.1, -0.05) is 28.1 Å². The maximum Gasteiger partial charge on any atom is 0.306 e. The summed E-state index contributed by atoms with van der Waals surface area (Å²) >= 11 is 4.79. The summed E-state index contributed by atoms with van der Waals surface area (Å²) in [6.07, 6.45) is 0.332. The smallest absolute Gasteiger partial charge is 0.306 e. The van der Waals surface area contributed by atoms with Crippen molar-refractivity contribution < 1.29 is 14.3 Å². The third-order valence-electron chi connectivity index (χ3n) is 2.40. The predicted octanol–water partition coefficient (Wildman–Crippen LogP) is 3.32. The Bertz CT molecular complexity index is 417. The Morgan fingerprint density at radius 1 is 1.33 bits per heavy atom. The largest absolute Gasteiger partial charge is 0.469 e. The van der Waals surface area contributed by atoms with E-state index < -0.39 is 0 Å². The first kappa shape index (κ1) is 15.2. The van der Waals surface area contributed by atoms with E-state index in [1.807, 2.05) is 19.1 Å². The standard InChI is InChI=1S/C13H15BrO3S/c1-9(18-8-7-12(15)17-2)13(16)10-3-5-11(14)6-4-10/h3-6,9H,7-8H2,1-2H3. The van der Waals surface area contributed by atoms with Crippen molar-refractivity contribution in [2.75, 3.05) is 12.9 Å². The topological polar surface area (TPSA) is 43.4 Å². The molecule has 0 aliphatic rings. The molecule has 0 saturated carbocycles. The zero-order valence-electron chi connectivity index (χ0n) is 10.3. The normalized spacial score (nSPS) is 11.9. The Hall–Kier alpha value is -0.810. The lowest BCUT2D eigenvalue weighted by molar-refractivity contribution is -0.140. The first-order chi connectivity index (χ1) is 8.54. The van der Waals surface area contributed by atoms with Gasteiger partial charge in [0.1, 0.15) is 0 Å². The fourth-order valence-electron chi connectivity index (χ4n) is 1.35. The van der Waals surface area contributed by atoms with Gasteiger partial charge in [0.05, 0.1) is 18.8 Å². The highest BCUT2D eigenvalue weighted by atomic mass is 79.9. The number of hydrogen-bond donors (Lipinski definition) is 0. The summed E-state index contributed by atoms with van der Waals surface area (Å²) in [6.45, 7) is 1.85. The number of rotatable bonds is 6. The van der Waals surface area contributed by atoms with E-state index in [0.29, 0.717) is 17.7 Å². The molecular formula is C13H15BrO3S. The van der Waals surface area contributed by atoms with Crippen LogP contribution in [0.15, 0.2) is 28.7 Å². The summed E-state index contributed by atoms with van der Waals surface area (Å²) in [6, 6.07) is 7.28. The molecule has 1 rings (SSSR count). The second-order valence-electron chi connectivity index (χ2n) is 3.71. The molecule has 0 amide bonds. The molecule has 1 aromatic rings. The van der Waals surface area contributed by atoms with Gasteiger partial charge in [-0.2, -0.15) is 0 Å². The van der Waals surface area contributed by atoms with Crippen LogP contribution in [-0.2, 0) is 9.53 Å². The first-order valence-corrected chi connectivity index (χ1v) is 7.37. The summed E-state index contributed by atoms with van der Waals surface area (Å²) in [5, 5.41) is -0.157. The maximum absolute atomic E-state index is 12.0. The van der Waals surface area contributed by atoms with Crippen LogP contribution < -0.4 is 0 Å². The fourth-order valence-corrected chi connectivity index (χ4v) is 2.54. The van der Waals surface area contributed by atoms with Crippen molar-refractivity contribution in [2.45, 2.75) is 18.6 Å². The summed E-state index contributed by atoms with van der Waals surface area (Å²) in [7, 11) is 1.36. The second-order valence-corrected chi connectivity index (χ2v) is 6.07. The lowest BCUT2D eigenvalue weighted by Crippen LogP contribution is -2.15. The van der Waals surface area contributed by atoms with E-state index >= 15 is 0 Å². The second kappa shape index (κ2) is 7.59. The average molecular weight is 331 g/mol. The van der Waals surface area contributed by atoms with Crippen LogP contribution >= 0.6 is 27.7 Å². The lowest BCUT2D eigenvalue weighted by atomic mass is 10.1. The summed E-state index contributed by atoms with van der Waals surface area (Å²) in [4.78, 5) is 23.0. The van der Waals surface area contributed by atoms with Gasteiger partial charge in [-0.05, 0) is 19.1 Å². The van der Waals surface area contributed by atoms with Crippen molar-refractivity contribution in [1.82, 2.24) is 0 Å². The van der Waals surface area contributed by atoms with Gasteiger partial charge in [0, 0.05) is 15.8 Å². The minimum Gasteiger partial charge on any atom is -0.469 e. The number of ether oxygens (including phenoxy) is 1. The Morgan fingerprint density at radius 3 is 2.50 bits per heavy atom. The fraction of sp³-hybridized carbons (Fsp3) is 0.385. The molecule has 0 radical (unpaired) electrons. The van der Waals surface area contributed by atoms with Gasteiger partial charge in [0.25, 0.3) is 0 Å². The van der Waals surface area contributed by atoms with Gasteiger partial charge >= 0.3 is 5.97 Å².